The molecule has 3 aromatic carbocycles. The zero-order valence-electron chi connectivity index (χ0n) is 32.2. The summed E-state index contributed by atoms with van der Waals surface area (Å²) in [4.78, 5) is 60.6. The average molecular weight is 835 g/mol. The molecule has 0 bridgehead atoms. The van der Waals surface area contributed by atoms with Gasteiger partial charge in [-0.2, -0.15) is 0 Å². The highest BCUT2D eigenvalue weighted by molar-refractivity contribution is 8.01. The minimum Gasteiger partial charge on any atom is -0.543 e. The fourth-order valence-corrected chi connectivity index (χ4v) is 10.1. The molecule has 7 rings (SSSR count). The minimum absolute atomic E-state index is 0.175. The standard InChI is InChI=1S/C43H42N6O6S3/c1-42(2,3)55-41(54)46-33(36(50)45-34-37(51)49-35(39(52)53)27(25-57-38(34)49)24-56-31-20-22-48(4)23-21-31)32-26-58-40(44-32)47-43(28-14-8-5-9-15-28,29-16-10-6-11-17-29)30-18-12-7-13-19-30/h5-23,26,33-34,38H,24-25H2,1-4H3,(H3-,44,45,46,47,50,52,53,54)/t33?,34-,38-/m1/s1. The number of carboxylic acid groups (broad SMARTS) is 1. The maximum absolute atomic E-state index is 14.2. The minimum atomic E-state index is -1.46. The number of hydrogen-bond donors (Lipinski definition) is 3. The van der Waals surface area contributed by atoms with Crippen LogP contribution in [0.1, 0.15) is 49.2 Å². The van der Waals surface area contributed by atoms with Crippen LogP contribution in [0.2, 0.25) is 0 Å². The fraction of sp³-hybridized carbons (Fsp3) is 0.256. The third kappa shape index (κ3) is 8.61. The first-order valence-electron chi connectivity index (χ1n) is 18.5. The summed E-state index contributed by atoms with van der Waals surface area (Å²) in [6.45, 7) is 5.12. The lowest BCUT2D eigenvalue weighted by Gasteiger charge is -2.51. The normalized spacial score (nSPS) is 17.1. The van der Waals surface area contributed by atoms with Crippen molar-refractivity contribution in [2.45, 2.75) is 54.3 Å². The van der Waals surface area contributed by atoms with Crippen molar-refractivity contribution in [2.24, 2.45) is 7.05 Å². The van der Waals surface area contributed by atoms with Crippen LogP contribution in [0.4, 0.5) is 9.93 Å². The number of aliphatic carboxylic acids is 1. The number of fused-ring (bicyclic) bond motifs is 1. The number of amides is 3. The Morgan fingerprint density at radius 2 is 1.50 bits per heavy atom. The molecule has 3 atom stereocenters. The summed E-state index contributed by atoms with van der Waals surface area (Å²) in [6, 6.07) is 31.3. The lowest BCUT2D eigenvalue weighted by Crippen LogP contribution is -2.71. The third-order valence-corrected chi connectivity index (χ3v) is 12.8. The van der Waals surface area contributed by atoms with Crippen LogP contribution in [0.3, 0.4) is 0 Å². The van der Waals surface area contributed by atoms with Gasteiger partial charge in [0.15, 0.2) is 23.6 Å². The number of aryl methyl sites for hydroxylation is 1. The summed E-state index contributed by atoms with van der Waals surface area (Å²) in [5.41, 5.74) is 1.66. The molecule has 0 saturated carbocycles. The van der Waals surface area contributed by atoms with Gasteiger partial charge in [0.1, 0.15) is 29.6 Å². The van der Waals surface area contributed by atoms with Crippen LogP contribution in [0, 0.1) is 0 Å². The second kappa shape index (κ2) is 17.1. The summed E-state index contributed by atoms with van der Waals surface area (Å²) >= 11 is 4.07. The van der Waals surface area contributed by atoms with Crippen LogP contribution in [0.15, 0.2) is 137 Å². The lowest BCUT2D eigenvalue weighted by molar-refractivity contribution is -0.671. The molecule has 5 aromatic rings. The number of thioether (sulfide) groups is 2. The van der Waals surface area contributed by atoms with Gasteiger partial charge in [0.25, 0.3) is 5.91 Å². The first-order valence-corrected chi connectivity index (χ1v) is 21.4. The van der Waals surface area contributed by atoms with Gasteiger partial charge >= 0.3 is 6.09 Å². The molecule has 15 heteroatoms. The quantitative estimate of drug-likeness (QED) is 0.0629. The third-order valence-electron chi connectivity index (χ3n) is 9.56. The molecule has 3 N–H and O–H groups in total. The van der Waals surface area contributed by atoms with Gasteiger partial charge in [-0.05, 0) is 43.0 Å². The molecule has 0 aliphatic carbocycles. The number of anilines is 1. The summed E-state index contributed by atoms with van der Waals surface area (Å²) in [6.07, 6.45) is 2.94. The van der Waals surface area contributed by atoms with Crippen LogP contribution in [-0.2, 0) is 31.7 Å². The van der Waals surface area contributed by atoms with E-state index in [-0.39, 0.29) is 11.4 Å². The van der Waals surface area contributed by atoms with E-state index in [0.717, 1.165) is 21.6 Å². The van der Waals surface area contributed by atoms with Gasteiger partial charge in [0, 0.05) is 33.9 Å². The second-order valence-corrected chi connectivity index (χ2v) is 17.8. The summed E-state index contributed by atoms with van der Waals surface area (Å²) < 4.78 is 7.43. The number of aromatic nitrogens is 2. The van der Waals surface area contributed by atoms with Gasteiger partial charge in [-0.3, -0.25) is 14.5 Å². The number of nitrogens with one attached hydrogen (secondary N) is 3. The van der Waals surface area contributed by atoms with E-state index in [1.54, 1.807) is 26.2 Å². The molecule has 2 aliphatic heterocycles. The first-order chi connectivity index (χ1) is 27.8. The van der Waals surface area contributed by atoms with Crippen molar-refractivity contribution < 1.29 is 33.6 Å². The molecule has 2 aromatic heterocycles. The van der Waals surface area contributed by atoms with Crippen LogP contribution in [0.25, 0.3) is 0 Å². The van der Waals surface area contributed by atoms with Crippen molar-refractivity contribution in [3.63, 3.8) is 0 Å². The van der Waals surface area contributed by atoms with Gasteiger partial charge in [-0.15, -0.1) is 34.9 Å². The van der Waals surface area contributed by atoms with E-state index in [4.69, 9.17) is 9.72 Å². The molecule has 12 nitrogen and oxygen atoms in total. The smallest absolute Gasteiger partial charge is 0.408 e. The van der Waals surface area contributed by atoms with Gasteiger partial charge in [0.05, 0.1) is 17.4 Å². The predicted octanol–water partition coefficient (Wildman–Crippen LogP) is 5.13. The molecule has 0 spiro atoms. The Bertz CT molecular complexity index is 2220. The van der Waals surface area contributed by atoms with Crippen LogP contribution >= 0.6 is 34.9 Å². The summed E-state index contributed by atoms with van der Waals surface area (Å²) in [7, 11) is 1.91. The van der Waals surface area contributed by atoms with Gasteiger partial charge < -0.3 is 30.6 Å². The number of carboxylic acids is 1. The number of β-lactam (4-membered cyclic amide) rings is 1. The highest BCUT2D eigenvalue weighted by Crippen LogP contribution is 2.43. The summed E-state index contributed by atoms with van der Waals surface area (Å²) in [5, 5.41) is 23.0. The predicted molar refractivity (Wildman–Crippen MR) is 222 cm³/mol. The van der Waals surface area contributed by atoms with E-state index in [9.17, 15) is 24.3 Å². The van der Waals surface area contributed by atoms with Crippen molar-refractivity contribution >= 4 is 63.9 Å². The number of carbonyl (C=O) groups excluding carboxylic acids is 4. The number of thiazole rings is 1. The lowest BCUT2D eigenvalue weighted by atomic mass is 9.77. The van der Waals surface area contributed by atoms with E-state index in [1.807, 2.05) is 127 Å². The highest BCUT2D eigenvalue weighted by Gasteiger charge is 2.53. The van der Waals surface area contributed by atoms with E-state index in [2.05, 4.69) is 16.0 Å². The molecule has 4 heterocycles. The van der Waals surface area contributed by atoms with Crippen LogP contribution < -0.4 is 25.6 Å². The molecular formula is C43H42N6O6S3. The van der Waals surface area contributed by atoms with Crippen molar-refractivity contribution in [3.05, 3.63) is 155 Å². The molecule has 1 saturated heterocycles. The van der Waals surface area contributed by atoms with Crippen molar-refractivity contribution in [2.75, 3.05) is 16.8 Å². The molecule has 2 aliphatic rings. The molecule has 0 radical (unpaired) electrons. The Hall–Kier alpha value is -5.64. The van der Waals surface area contributed by atoms with E-state index in [0.29, 0.717) is 22.2 Å². The number of nitrogens with zero attached hydrogens (tertiary/aromatic N) is 3. The maximum Gasteiger partial charge on any atom is 0.408 e. The Kier molecular flexibility index (Phi) is 11.9. The van der Waals surface area contributed by atoms with Crippen LogP contribution in [0.5, 0.6) is 0 Å². The Labute approximate surface area is 349 Å². The molecule has 3 amide bonds. The monoisotopic (exact) mass is 834 g/mol. The molecule has 1 fully saturated rings. The second-order valence-electron chi connectivity index (χ2n) is 14.8. The Morgan fingerprint density at radius 1 is 0.931 bits per heavy atom. The maximum atomic E-state index is 14.2. The fourth-order valence-electron chi connectivity index (χ4n) is 6.89. The van der Waals surface area contributed by atoms with Crippen molar-refractivity contribution in [1.29, 1.82) is 0 Å². The molecular weight excluding hydrogens is 793 g/mol. The van der Waals surface area contributed by atoms with Gasteiger partial charge in [0.2, 0.25) is 5.91 Å². The largest absolute Gasteiger partial charge is 0.543 e. The molecule has 58 heavy (non-hydrogen) atoms. The van der Waals surface area contributed by atoms with E-state index in [1.165, 1.54) is 39.8 Å². The molecule has 298 valence electrons. The first kappa shape index (κ1) is 40.6. The number of rotatable bonds is 13. The van der Waals surface area contributed by atoms with Crippen molar-refractivity contribution in [3.8, 4) is 0 Å². The van der Waals surface area contributed by atoms with E-state index >= 15 is 0 Å². The number of hydrogen-bond acceptors (Lipinski definition) is 11. The van der Waals surface area contributed by atoms with Crippen LogP contribution in [-0.4, -0.2) is 62.3 Å². The van der Waals surface area contributed by atoms with Crippen molar-refractivity contribution in [1.82, 2.24) is 20.5 Å². The number of benzene rings is 3. The highest BCUT2D eigenvalue weighted by atomic mass is 32.2. The number of carbonyl (C=O) groups is 4. The zero-order chi connectivity index (χ0) is 41.0. The van der Waals surface area contributed by atoms with Gasteiger partial charge in [-0.25, -0.2) is 14.3 Å². The zero-order valence-corrected chi connectivity index (χ0v) is 34.7. The molecule has 1 unspecified atom stereocenters. The van der Waals surface area contributed by atoms with Gasteiger partial charge in [-0.1, -0.05) is 91.0 Å². The SMILES string of the molecule is C[n+]1ccc(SCC2=C(C(=O)[O-])N3C(=O)[C@@H](NC(=O)C(NC(=O)OC(C)(C)C)c4csc(NC(c5ccccc5)(c5ccccc5)c5ccccc5)n4)[C@H]3SC2)cc1. The Morgan fingerprint density at radius 3 is 2.03 bits per heavy atom. The summed E-state index contributed by atoms with van der Waals surface area (Å²) in [5.74, 6) is -2.08. The number of ether oxygens (including phenoxy) is 1. The number of pyridine rings is 1. The Balaban J connectivity index is 1.16. The average Bonchev–Trinajstić information content (AvgIpc) is 3.68. The van der Waals surface area contributed by atoms with E-state index < -0.39 is 52.5 Å². The topological polar surface area (TPSA) is 157 Å². The number of alkyl carbamates (subject to hydrolysis) is 1.